The summed E-state index contributed by atoms with van der Waals surface area (Å²) in [6.07, 6.45) is 1.08. The normalized spacial score (nSPS) is 10.0. The Bertz CT molecular complexity index is 607. The Morgan fingerprint density at radius 3 is 2.67 bits per heavy atom. The molecule has 18 heavy (non-hydrogen) atoms. The van der Waals surface area contributed by atoms with Crippen LogP contribution >= 0.6 is 11.5 Å². The summed E-state index contributed by atoms with van der Waals surface area (Å²) in [7, 11) is 0. The molecule has 0 bridgehead atoms. The molecule has 0 saturated heterocycles. The van der Waals surface area contributed by atoms with Gasteiger partial charge in [-0.05, 0) is 23.7 Å². The van der Waals surface area contributed by atoms with E-state index in [1.807, 2.05) is 0 Å². The lowest BCUT2D eigenvalue weighted by atomic mass is 10.3. The second kappa shape index (κ2) is 4.84. The van der Waals surface area contributed by atoms with E-state index in [4.69, 9.17) is 9.84 Å². The van der Waals surface area contributed by atoms with E-state index in [0.717, 1.165) is 17.7 Å². The van der Waals surface area contributed by atoms with Crippen molar-refractivity contribution in [2.45, 2.75) is 0 Å². The molecule has 2 aromatic rings. The van der Waals surface area contributed by atoms with Gasteiger partial charge >= 0.3 is 11.9 Å². The summed E-state index contributed by atoms with van der Waals surface area (Å²) in [6.45, 7) is 0. The molecule has 0 fully saturated rings. The number of phenolic OH excluding ortho intramolecular Hbond substituents is 1. The van der Waals surface area contributed by atoms with Crippen LogP contribution < -0.4 is 4.74 Å². The molecule has 7 heteroatoms. The van der Waals surface area contributed by atoms with Gasteiger partial charge in [0.25, 0.3) is 0 Å². The maximum Gasteiger partial charge on any atom is 0.356 e. The van der Waals surface area contributed by atoms with Gasteiger partial charge in [-0.1, -0.05) is 12.1 Å². The largest absolute Gasteiger partial charge is 0.504 e. The number of nitrogens with zero attached hydrogens (tertiary/aromatic N) is 1. The van der Waals surface area contributed by atoms with Crippen LogP contribution in [0.5, 0.6) is 11.5 Å². The SMILES string of the molecule is O=C(O)c1cnsc1C(=O)Oc1ccccc1O. The van der Waals surface area contributed by atoms with Crippen LogP contribution in [0.3, 0.4) is 0 Å². The number of phenols is 1. The number of esters is 1. The number of para-hydroxylation sites is 2. The van der Waals surface area contributed by atoms with Crippen molar-refractivity contribution in [1.82, 2.24) is 4.37 Å². The minimum Gasteiger partial charge on any atom is -0.504 e. The highest BCUT2D eigenvalue weighted by Gasteiger charge is 2.22. The lowest BCUT2D eigenvalue weighted by Crippen LogP contribution is -2.11. The number of carboxylic acids is 1. The van der Waals surface area contributed by atoms with Crippen LogP contribution in [0.4, 0.5) is 0 Å². The fraction of sp³-hybridized carbons (Fsp3) is 0. The molecular formula is C11H7NO5S. The van der Waals surface area contributed by atoms with Crippen molar-refractivity contribution in [1.29, 1.82) is 0 Å². The highest BCUT2D eigenvalue weighted by Crippen LogP contribution is 2.26. The molecule has 2 N–H and O–H groups in total. The number of ether oxygens (including phenoxy) is 1. The Hall–Kier alpha value is -2.41. The molecule has 0 radical (unpaired) electrons. The van der Waals surface area contributed by atoms with Crippen molar-refractivity contribution in [3.63, 3.8) is 0 Å². The molecule has 2 rings (SSSR count). The fourth-order valence-electron chi connectivity index (χ4n) is 1.23. The number of aromatic hydroxyl groups is 1. The lowest BCUT2D eigenvalue weighted by molar-refractivity contribution is 0.0670. The lowest BCUT2D eigenvalue weighted by Gasteiger charge is -2.04. The van der Waals surface area contributed by atoms with Crippen molar-refractivity contribution >= 4 is 23.5 Å². The predicted octanol–water partition coefficient (Wildman–Crippen LogP) is 1.77. The summed E-state index contributed by atoms with van der Waals surface area (Å²) in [5, 5.41) is 18.3. The minimum atomic E-state index is -1.26. The third kappa shape index (κ3) is 2.30. The Labute approximate surface area is 105 Å². The van der Waals surface area contributed by atoms with Crippen LogP contribution in [-0.2, 0) is 0 Å². The van der Waals surface area contributed by atoms with Gasteiger partial charge in [0.15, 0.2) is 11.5 Å². The fourth-order valence-corrected chi connectivity index (χ4v) is 1.85. The van der Waals surface area contributed by atoms with Gasteiger partial charge in [-0.25, -0.2) is 9.59 Å². The number of aromatic nitrogens is 1. The van der Waals surface area contributed by atoms with Gasteiger partial charge in [-0.15, -0.1) is 0 Å². The smallest absolute Gasteiger partial charge is 0.356 e. The second-order valence-electron chi connectivity index (χ2n) is 3.23. The summed E-state index contributed by atoms with van der Waals surface area (Å²) in [5.74, 6) is -2.36. The number of benzene rings is 1. The molecule has 0 aliphatic rings. The van der Waals surface area contributed by atoms with Crippen LogP contribution in [0.2, 0.25) is 0 Å². The highest BCUT2D eigenvalue weighted by molar-refractivity contribution is 7.08. The van der Waals surface area contributed by atoms with Crippen molar-refractivity contribution < 1.29 is 24.5 Å². The van der Waals surface area contributed by atoms with E-state index in [0.29, 0.717) is 0 Å². The van der Waals surface area contributed by atoms with E-state index >= 15 is 0 Å². The van der Waals surface area contributed by atoms with Crippen molar-refractivity contribution in [3.05, 3.63) is 40.9 Å². The van der Waals surface area contributed by atoms with Crippen LogP contribution in [0.15, 0.2) is 30.5 Å². The third-order valence-electron chi connectivity index (χ3n) is 2.05. The number of aromatic carboxylic acids is 1. The van der Waals surface area contributed by atoms with E-state index in [2.05, 4.69) is 4.37 Å². The summed E-state index contributed by atoms with van der Waals surface area (Å²) in [5.41, 5.74) is -0.222. The monoisotopic (exact) mass is 265 g/mol. The van der Waals surface area contributed by atoms with Gasteiger partial charge in [-0.3, -0.25) is 0 Å². The number of hydrogen-bond acceptors (Lipinski definition) is 6. The first-order valence-corrected chi connectivity index (χ1v) is 5.55. The summed E-state index contributed by atoms with van der Waals surface area (Å²) < 4.78 is 8.52. The molecule has 0 saturated carbocycles. The number of hydrogen-bond donors (Lipinski definition) is 2. The number of rotatable bonds is 3. The Kier molecular flexibility index (Phi) is 3.24. The van der Waals surface area contributed by atoms with Gasteiger partial charge < -0.3 is 14.9 Å². The van der Waals surface area contributed by atoms with Crippen LogP contribution in [0.1, 0.15) is 20.0 Å². The molecule has 0 aliphatic heterocycles. The average Bonchev–Trinajstić information content (AvgIpc) is 2.81. The first-order valence-electron chi connectivity index (χ1n) is 4.77. The second-order valence-corrected chi connectivity index (χ2v) is 4.03. The molecule has 0 atom stereocenters. The Morgan fingerprint density at radius 1 is 1.28 bits per heavy atom. The molecule has 1 aromatic heterocycles. The van der Waals surface area contributed by atoms with Crippen molar-refractivity contribution in [2.75, 3.05) is 0 Å². The molecule has 1 heterocycles. The van der Waals surface area contributed by atoms with Crippen LogP contribution in [0.25, 0.3) is 0 Å². The van der Waals surface area contributed by atoms with Gasteiger partial charge in [0, 0.05) is 0 Å². The maximum atomic E-state index is 11.7. The topological polar surface area (TPSA) is 96.7 Å². The van der Waals surface area contributed by atoms with E-state index in [1.165, 1.54) is 12.1 Å². The van der Waals surface area contributed by atoms with Gasteiger partial charge in [0.1, 0.15) is 10.4 Å². The molecule has 6 nitrogen and oxygen atoms in total. The zero-order valence-electron chi connectivity index (χ0n) is 8.86. The van der Waals surface area contributed by atoms with E-state index in [1.54, 1.807) is 12.1 Å². The quantitative estimate of drug-likeness (QED) is 0.648. The third-order valence-corrected chi connectivity index (χ3v) is 2.83. The standard InChI is InChI=1S/C11H7NO5S/c13-7-3-1-2-4-8(7)17-11(16)9-6(10(14)15)5-12-18-9/h1-5,13H,(H,14,15). The summed E-state index contributed by atoms with van der Waals surface area (Å²) in [6, 6.07) is 5.90. The minimum absolute atomic E-state index is 0.0350. The Morgan fingerprint density at radius 2 is 2.00 bits per heavy atom. The van der Waals surface area contributed by atoms with Gasteiger partial charge in [0.05, 0.1) is 6.20 Å². The van der Waals surface area contributed by atoms with Gasteiger partial charge in [-0.2, -0.15) is 4.37 Å². The molecule has 0 spiro atoms. The molecular weight excluding hydrogens is 258 g/mol. The molecule has 92 valence electrons. The molecule has 0 unspecified atom stereocenters. The molecule has 1 aromatic carbocycles. The Balaban J connectivity index is 2.25. The van der Waals surface area contributed by atoms with Crippen molar-refractivity contribution in [3.8, 4) is 11.5 Å². The zero-order valence-corrected chi connectivity index (χ0v) is 9.68. The number of carbonyl (C=O) groups is 2. The first-order chi connectivity index (χ1) is 8.59. The average molecular weight is 265 g/mol. The summed E-state index contributed by atoms with van der Waals surface area (Å²) in [4.78, 5) is 22.4. The zero-order chi connectivity index (χ0) is 13.1. The molecule has 0 amide bonds. The molecule has 0 aliphatic carbocycles. The van der Waals surface area contributed by atoms with E-state index in [-0.39, 0.29) is 21.9 Å². The van der Waals surface area contributed by atoms with Gasteiger partial charge in [0.2, 0.25) is 0 Å². The maximum absolute atomic E-state index is 11.7. The van der Waals surface area contributed by atoms with Crippen LogP contribution in [0, 0.1) is 0 Å². The van der Waals surface area contributed by atoms with E-state index < -0.39 is 11.9 Å². The number of carboxylic acid groups (broad SMARTS) is 1. The van der Waals surface area contributed by atoms with Crippen LogP contribution in [-0.4, -0.2) is 26.5 Å². The summed E-state index contributed by atoms with van der Waals surface area (Å²) >= 11 is 0.724. The number of carbonyl (C=O) groups excluding carboxylic acids is 1. The highest BCUT2D eigenvalue weighted by atomic mass is 32.1. The predicted molar refractivity (Wildman–Crippen MR) is 62.1 cm³/mol. The van der Waals surface area contributed by atoms with Crippen molar-refractivity contribution in [2.24, 2.45) is 0 Å². The van der Waals surface area contributed by atoms with E-state index in [9.17, 15) is 14.7 Å². The first kappa shape index (κ1) is 12.1.